The minimum Gasteiger partial charge on any atom is -0.340 e. The third kappa shape index (κ3) is 2.11. The molecule has 0 atom stereocenters. The van der Waals surface area contributed by atoms with Crippen LogP contribution in [0.4, 0.5) is 0 Å². The van der Waals surface area contributed by atoms with Crippen LogP contribution >= 0.6 is 15.9 Å². The first-order valence-electron chi connectivity index (χ1n) is 6.26. The molecule has 4 aromatic rings. The summed E-state index contributed by atoms with van der Waals surface area (Å²) in [4.78, 5) is 15.6. The molecule has 0 fully saturated rings. The number of hydrogen-bond acceptors (Lipinski definition) is 4. The van der Waals surface area contributed by atoms with Gasteiger partial charge in [-0.05, 0) is 17.7 Å². The van der Waals surface area contributed by atoms with Gasteiger partial charge in [0.2, 0.25) is 0 Å². The first kappa shape index (κ1) is 12.2. The molecular weight excluding hydrogens is 332 g/mol. The normalized spacial score (nSPS) is 11.1. The van der Waals surface area contributed by atoms with Crippen molar-refractivity contribution in [1.29, 1.82) is 0 Å². The van der Waals surface area contributed by atoms with Gasteiger partial charge in [0.1, 0.15) is 11.8 Å². The van der Waals surface area contributed by atoms with E-state index < -0.39 is 0 Å². The Bertz CT molecular complexity index is 926. The van der Waals surface area contributed by atoms with E-state index in [-0.39, 0.29) is 0 Å². The molecule has 0 radical (unpaired) electrons. The Morgan fingerprint density at radius 2 is 2.05 bits per heavy atom. The maximum Gasteiger partial charge on any atom is 0.182 e. The lowest BCUT2D eigenvalue weighted by atomic mass is 10.1. The van der Waals surface area contributed by atoms with Crippen LogP contribution in [-0.4, -0.2) is 29.7 Å². The third-order valence-corrected chi connectivity index (χ3v) is 3.65. The van der Waals surface area contributed by atoms with Gasteiger partial charge in [-0.25, -0.2) is 19.6 Å². The van der Waals surface area contributed by atoms with Gasteiger partial charge in [0, 0.05) is 16.2 Å². The zero-order valence-electron chi connectivity index (χ0n) is 10.7. The topological polar surface area (TPSA) is 72.3 Å². The van der Waals surface area contributed by atoms with E-state index in [4.69, 9.17) is 0 Å². The Morgan fingerprint density at radius 1 is 1.10 bits per heavy atom. The SMILES string of the molecule is Brc1cccc(-c2cnn(-c3ncnc4nc[nH]c34)c2)c1. The zero-order chi connectivity index (χ0) is 14.2. The fourth-order valence-corrected chi connectivity index (χ4v) is 2.58. The van der Waals surface area contributed by atoms with Crippen LogP contribution in [0.25, 0.3) is 28.1 Å². The molecule has 1 N–H and O–H groups in total. The number of aromatic nitrogens is 6. The van der Waals surface area contributed by atoms with Crippen molar-refractivity contribution in [3.8, 4) is 16.9 Å². The van der Waals surface area contributed by atoms with Crippen molar-refractivity contribution in [3.05, 3.63) is 53.8 Å². The van der Waals surface area contributed by atoms with Crippen molar-refractivity contribution < 1.29 is 0 Å². The number of benzene rings is 1. The van der Waals surface area contributed by atoms with E-state index in [0.29, 0.717) is 11.5 Å². The lowest BCUT2D eigenvalue weighted by molar-refractivity contribution is 0.848. The van der Waals surface area contributed by atoms with Gasteiger partial charge in [-0.15, -0.1) is 0 Å². The minimum atomic E-state index is 0.625. The molecule has 0 aliphatic rings. The number of hydrogen-bond donors (Lipinski definition) is 1. The summed E-state index contributed by atoms with van der Waals surface area (Å²) >= 11 is 3.48. The van der Waals surface area contributed by atoms with Crippen LogP contribution in [0.5, 0.6) is 0 Å². The number of imidazole rings is 1. The molecule has 0 bridgehead atoms. The van der Waals surface area contributed by atoms with Gasteiger partial charge >= 0.3 is 0 Å². The van der Waals surface area contributed by atoms with Crippen molar-refractivity contribution >= 4 is 27.1 Å². The standard InChI is InChI=1S/C14H9BrN6/c15-11-3-1-2-9(4-11)10-5-20-21(6-10)14-12-13(17-7-16-12)18-8-19-14/h1-8H,(H,16,17,18,19). The summed E-state index contributed by atoms with van der Waals surface area (Å²) in [5.74, 6) is 0.679. The molecule has 0 aliphatic carbocycles. The van der Waals surface area contributed by atoms with Crippen LogP contribution in [-0.2, 0) is 0 Å². The molecular formula is C14H9BrN6. The van der Waals surface area contributed by atoms with Gasteiger partial charge in [-0.2, -0.15) is 5.10 Å². The van der Waals surface area contributed by atoms with E-state index >= 15 is 0 Å². The van der Waals surface area contributed by atoms with Crippen molar-refractivity contribution in [2.45, 2.75) is 0 Å². The number of halogens is 1. The Kier molecular flexibility index (Phi) is 2.78. The van der Waals surface area contributed by atoms with E-state index in [0.717, 1.165) is 21.1 Å². The average Bonchev–Trinajstić information content (AvgIpc) is 3.16. The number of rotatable bonds is 2. The van der Waals surface area contributed by atoms with Crippen LogP contribution in [0, 0.1) is 0 Å². The molecule has 0 spiro atoms. The van der Waals surface area contributed by atoms with E-state index in [9.17, 15) is 0 Å². The quantitative estimate of drug-likeness (QED) is 0.608. The second kappa shape index (κ2) is 4.78. The van der Waals surface area contributed by atoms with Gasteiger partial charge in [-0.1, -0.05) is 28.1 Å². The second-order valence-corrected chi connectivity index (χ2v) is 5.40. The van der Waals surface area contributed by atoms with Crippen LogP contribution < -0.4 is 0 Å². The summed E-state index contributed by atoms with van der Waals surface area (Å²) in [5, 5.41) is 4.39. The Hall–Kier alpha value is -2.54. The first-order chi connectivity index (χ1) is 10.3. The van der Waals surface area contributed by atoms with E-state index in [1.54, 1.807) is 11.0 Å². The number of aromatic amines is 1. The second-order valence-electron chi connectivity index (χ2n) is 4.48. The third-order valence-electron chi connectivity index (χ3n) is 3.16. The molecule has 1 aromatic carbocycles. The lowest BCUT2D eigenvalue weighted by Gasteiger charge is -2.00. The van der Waals surface area contributed by atoms with E-state index in [1.165, 1.54) is 6.33 Å². The average molecular weight is 341 g/mol. The Balaban J connectivity index is 1.83. The molecule has 0 aliphatic heterocycles. The smallest absolute Gasteiger partial charge is 0.182 e. The molecule has 21 heavy (non-hydrogen) atoms. The fraction of sp³-hybridized carbons (Fsp3) is 0. The number of H-pyrrole nitrogens is 1. The van der Waals surface area contributed by atoms with Crippen molar-refractivity contribution in [2.24, 2.45) is 0 Å². The number of nitrogens with one attached hydrogen (secondary N) is 1. The molecule has 0 saturated carbocycles. The molecule has 0 amide bonds. The molecule has 4 rings (SSSR count). The molecule has 0 saturated heterocycles. The summed E-state index contributed by atoms with van der Waals surface area (Å²) in [6, 6.07) is 8.08. The molecule has 3 aromatic heterocycles. The Morgan fingerprint density at radius 3 is 2.95 bits per heavy atom. The van der Waals surface area contributed by atoms with Crippen LogP contribution in [0.3, 0.4) is 0 Å². The highest BCUT2D eigenvalue weighted by Gasteiger charge is 2.10. The maximum atomic E-state index is 4.39. The predicted molar refractivity (Wildman–Crippen MR) is 81.9 cm³/mol. The fourth-order valence-electron chi connectivity index (χ4n) is 2.18. The van der Waals surface area contributed by atoms with Crippen molar-refractivity contribution in [1.82, 2.24) is 29.7 Å². The van der Waals surface area contributed by atoms with Gasteiger partial charge in [0.05, 0.1) is 12.5 Å². The summed E-state index contributed by atoms with van der Waals surface area (Å²) in [6.07, 6.45) is 6.83. The predicted octanol–water partition coefficient (Wildman–Crippen LogP) is 2.97. The highest BCUT2D eigenvalue weighted by Crippen LogP contribution is 2.24. The number of nitrogens with zero attached hydrogens (tertiary/aromatic N) is 5. The molecule has 7 heteroatoms. The van der Waals surface area contributed by atoms with Crippen molar-refractivity contribution in [2.75, 3.05) is 0 Å². The minimum absolute atomic E-state index is 0.625. The van der Waals surface area contributed by atoms with Crippen LogP contribution in [0.1, 0.15) is 0 Å². The van der Waals surface area contributed by atoms with Gasteiger partial charge in [0.25, 0.3) is 0 Å². The van der Waals surface area contributed by atoms with Crippen molar-refractivity contribution in [3.63, 3.8) is 0 Å². The summed E-state index contributed by atoms with van der Waals surface area (Å²) in [5.41, 5.74) is 3.49. The maximum absolute atomic E-state index is 4.39. The van der Waals surface area contributed by atoms with Crippen LogP contribution in [0.15, 0.2) is 53.8 Å². The highest BCUT2D eigenvalue weighted by atomic mass is 79.9. The molecule has 0 unspecified atom stereocenters. The summed E-state index contributed by atoms with van der Waals surface area (Å²) < 4.78 is 2.75. The van der Waals surface area contributed by atoms with Crippen LogP contribution in [0.2, 0.25) is 0 Å². The summed E-state index contributed by atoms with van der Waals surface area (Å²) in [7, 11) is 0. The number of fused-ring (bicyclic) bond motifs is 1. The lowest BCUT2D eigenvalue weighted by Crippen LogP contribution is -1.99. The summed E-state index contributed by atoms with van der Waals surface area (Å²) in [6.45, 7) is 0. The van der Waals surface area contributed by atoms with E-state index in [1.807, 2.05) is 36.7 Å². The van der Waals surface area contributed by atoms with Gasteiger partial charge in [0.15, 0.2) is 11.5 Å². The first-order valence-corrected chi connectivity index (χ1v) is 7.05. The molecule has 3 heterocycles. The largest absolute Gasteiger partial charge is 0.340 e. The highest BCUT2D eigenvalue weighted by molar-refractivity contribution is 9.10. The van der Waals surface area contributed by atoms with E-state index in [2.05, 4.69) is 41.0 Å². The molecule has 102 valence electrons. The molecule has 6 nitrogen and oxygen atoms in total. The van der Waals surface area contributed by atoms with Gasteiger partial charge in [-0.3, -0.25) is 0 Å². The van der Waals surface area contributed by atoms with Gasteiger partial charge < -0.3 is 4.98 Å². The monoisotopic (exact) mass is 340 g/mol. The Labute approximate surface area is 128 Å². The zero-order valence-corrected chi connectivity index (χ0v) is 12.3.